The zero-order valence-electron chi connectivity index (χ0n) is 24.9. The van der Waals surface area contributed by atoms with E-state index in [1.165, 1.54) is 22.1 Å². The van der Waals surface area contributed by atoms with Crippen LogP contribution < -0.4 is 10.9 Å². The maximum Gasteiger partial charge on any atom is 0.394 e. The summed E-state index contributed by atoms with van der Waals surface area (Å²) < 4.78 is 41.2. The van der Waals surface area contributed by atoms with E-state index < -0.39 is 18.2 Å². The van der Waals surface area contributed by atoms with E-state index in [1.807, 2.05) is 43.3 Å². The van der Waals surface area contributed by atoms with Gasteiger partial charge in [-0.25, -0.2) is 9.97 Å². The van der Waals surface area contributed by atoms with Gasteiger partial charge in [-0.05, 0) is 75.2 Å². The number of rotatable bonds is 6. The first-order valence-electron chi connectivity index (χ1n) is 14.6. The highest BCUT2D eigenvalue weighted by atomic mass is 32.1. The number of fused-ring (bicyclic) bond motifs is 1. The molecule has 2 aromatic carbocycles. The molecule has 1 saturated heterocycles. The third kappa shape index (κ3) is 7.41. The molecule has 11 heteroatoms. The van der Waals surface area contributed by atoms with Crippen LogP contribution in [0, 0.1) is 18.8 Å². The third-order valence-electron chi connectivity index (χ3n) is 7.88. The smallest absolute Gasteiger partial charge is 0.324 e. The monoisotopic (exact) mass is 628 g/mol. The van der Waals surface area contributed by atoms with Crippen LogP contribution in [-0.2, 0) is 13.0 Å². The van der Waals surface area contributed by atoms with Crippen LogP contribution in [0.2, 0.25) is 0 Å². The molecule has 45 heavy (non-hydrogen) atoms. The molecule has 0 amide bonds. The number of anilines is 2. The van der Waals surface area contributed by atoms with Crippen LogP contribution in [0.5, 0.6) is 0 Å². The van der Waals surface area contributed by atoms with Crippen LogP contribution in [0.3, 0.4) is 0 Å². The molecule has 0 bridgehead atoms. The van der Waals surface area contributed by atoms with Crippen molar-refractivity contribution in [2.45, 2.75) is 44.8 Å². The molecular weight excluding hydrogens is 597 g/mol. The number of aromatic nitrogens is 4. The van der Waals surface area contributed by atoms with Crippen LogP contribution in [0.4, 0.5) is 24.8 Å². The van der Waals surface area contributed by atoms with Crippen LogP contribution in [-0.4, -0.2) is 50.7 Å². The lowest BCUT2D eigenvalue weighted by molar-refractivity contribution is -0.127. The zero-order chi connectivity index (χ0) is 31.6. The Kier molecular flexibility index (Phi) is 8.70. The number of pyridine rings is 1. The largest absolute Gasteiger partial charge is 0.394 e. The fourth-order valence-electron chi connectivity index (χ4n) is 5.54. The van der Waals surface area contributed by atoms with Crippen molar-refractivity contribution in [2.24, 2.45) is 0 Å². The number of nitrogens with zero attached hydrogens (tertiary/aromatic N) is 5. The van der Waals surface area contributed by atoms with E-state index >= 15 is 0 Å². The topological polar surface area (TPSA) is 75.9 Å². The van der Waals surface area contributed by atoms with E-state index in [2.05, 4.69) is 56.2 Å². The van der Waals surface area contributed by atoms with E-state index in [-0.39, 0.29) is 29.4 Å². The highest BCUT2D eigenvalue weighted by Gasteiger charge is 2.30. The summed E-state index contributed by atoms with van der Waals surface area (Å²) >= 11 is 1.07. The average molecular weight is 629 g/mol. The molecular formula is C34H31F3N6OS. The molecule has 0 spiro atoms. The summed E-state index contributed by atoms with van der Waals surface area (Å²) in [5.41, 5.74) is 5.15. The van der Waals surface area contributed by atoms with Gasteiger partial charge in [-0.2, -0.15) is 18.2 Å². The number of hydrogen-bond donors (Lipinski definition) is 1. The van der Waals surface area contributed by atoms with Gasteiger partial charge < -0.3 is 10.2 Å². The molecule has 6 rings (SSSR count). The van der Waals surface area contributed by atoms with Crippen molar-refractivity contribution in [2.75, 3.05) is 25.5 Å². The Morgan fingerprint density at radius 2 is 1.84 bits per heavy atom. The van der Waals surface area contributed by atoms with Gasteiger partial charge in [-0.15, -0.1) is 11.3 Å². The van der Waals surface area contributed by atoms with E-state index in [9.17, 15) is 18.0 Å². The minimum Gasteiger partial charge on any atom is -0.324 e. The van der Waals surface area contributed by atoms with Gasteiger partial charge in [0.25, 0.3) is 5.56 Å². The number of aryl methyl sites for hydroxylation is 1. The normalized spacial score (nSPS) is 15.5. The van der Waals surface area contributed by atoms with Crippen LogP contribution in [0.25, 0.3) is 11.0 Å². The second-order valence-corrected chi connectivity index (χ2v) is 12.3. The second kappa shape index (κ2) is 12.8. The van der Waals surface area contributed by atoms with Gasteiger partial charge in [0.05, 0.1) is 29.7 Å². The molecule has 1 aliphatic rings. The van der Waals surface area contributed by atoms with Crippen molar-refractivity contribution >= 4 is 34.0 Å². The van der Waals surface area contributed by atoms with Gasteiger partial charge in [0.2, 0.25) is 5.95 Å². The summed E-state index contributed by atoms with van der Waals surface area (Å²) in [5, 5.41) is 3.75. The van der Waals surface area contributed by atoms with Gasteiger partial charge in [-0.3, -0.25) is 9.36 Å². The number of alkyl halides is 3. The van der Waals surface area contributed by atoms with Crippen LogP contribution in [0.15, 0.2) is 71.1 Å². The Morgan fingerprint density at radius 3 is 2.58 bits per heavy atom. The van der Waals surface area contributed by atoms with Gasteiger partial charge in [-0.1, -0.05) is 41.7 Å². The predicted octanol–water partition coefficient (Wildman–Crippen LogP) is 6.66. The number of piperidine rings is 1. The number of hydrogen-bond acceptors (Lipinski definition) is 7. The molecule has 0 radical (unpaired) electrons. The van der Waals surface area contributed by atoms with Gasteiger partial charge >= 0.3 is 6.18 Å². The molecule has 3 aromatic heterocycles. The second-order valence-electron chi connectivity index (χ2n) is 11.4. The fraction of sp³-hybridized carbons (Fsp3) is 0.294. The number of halogens is 3. The fourth-order valence-corrected chi connectivity index (χ4v) is 6.31. The van der Waals surface area contributed by atoms with Crippen molar-refractivity contribution < 1.29 is 13.2 Å². The molecule has 0 saturated carbocycles. The molecule has 1 unspecified atom stereocenters. The maximum absolute atomic E-state index is 13.8. The number of likely N-dealkylation sites (tertiary alicyclic amines) is 1. The summed E-state index contributed by atoms with van der Waals surface area (Å²) in [5.74, 6) is 6.72. The van der Waals surface area contributed by atoms with E-state index in [0.717, 1.165) is 47.7 Å². The van der Waals surface area contributed by atoms with Crippen molar-refractivity contribution in [1.29, 1.82) is 0 Å². The Morgan fingerprint density at radius 1 is 1.07 bits per heavy atom. The SMILES string of the molecule is Cc1ccc(C#Cc2cc3cnc(Nc4ccc(C5CCCN(C)C5)cc4)nc3n(Cc3scnc3CC(F)(F)F)c2=O)cc1. The minimum atomic E-state index is -4.43. The lowest BCUT2D eigenvalue weighted by Crippen LogP contribution is -2.30. The number of likely N-dealkylation sites (N-methyl/N-ethyl adjacent to an activating group) is 1. The number of thiazole rings is 1. The summed E-state index contributed by atoms with van der Waals surface area (Å²) in [6.07, 6.45) is -1.69. The summed E-state index contributed by atoms with van der Waals surface area (Å²) in [7, 11) is 2.14. The standard InChI is InChI=1S/C34H31F3N6OS/c1-22-5-7-23(8-6-22)9-10-25-16-27-18-38-33(40-28-13-11-24(12-14-28)26-4-3-15-42(2)19-26)41-31(27)43(32(25)44)20-30-29(39-21-45-30)17-34(35,36)37/h5-8,11-14,16,18,21,26H,3-4,15,17,19-20H2,1-2H3,(H,38,40,41). The summed E-state index contributed by atoms with van der Waals surface area (Å²) in [6.45, 7) is 3.99. The molecule has 0 aliphatic carbocycles. The molecule has 1 fully saturated rings. The number of nitrogens with one attached hydrogen (secondary N) is 1. The molecule has 1 N–H and O–H groups in total. The third-order valence-corrected chi connectivity index (χ3v) is 8.74. The van der Waals surface area contributed by atoms with Crippen molar-refractivity contribution in [3.05, 3.63) is 109 Å². The molecule has 1 atom stereocenters. The average Bonchev–Trinajstić information content (AvgIpc) is 3.44. The molecule has 230 valence electrons. The predicted molar refractivity (Wildman–Crippen MR) is 171 cm³/mol. The van der Waals surface area contributed by atoms with Gasteiger partial charge in [0, 0.05) is 34.3 Å². The molecule has 4 heterocycles. The Balaban J connectivity index is 1.35. The first-order valence-corrected chi connectivity index (χ1v) is 15.5. The van der Waals surface area contributed by atoms with Crippen molar-refractivity contribution in [3.8, 4) is 11.8 Å². The quantitative estimate of drug-likeness (QED) is 0.212. The van der Waals surface area contributed by atoms with Crippen LogP contribution in [0.1, 0.15) is 51.6 Å². The minimum absolute atomic E-state index is 0.111. The first kappa shape index (κ1) is 30.5. The van der Waals surface area contributed by atoms with E-state index in [0.29, 0.717) is 16.2 Å². The molecule has 1 aliphatic heterocycles. The Hall–Kier alpha value is -4.53. The molecule has 7 nitrogen and oxygen atoms in total. The van der Waals surface area contributed by atoms with Gasteiger partial charge in [0.15, 0.2) is 0 Å². The Bertz CT molecular complexity index is 1940. The Labute approximate surface area is 262 Å². The number of benzene rings is 2. The maximum atomic E-state index is 13.8. The zero-order valence-corrected chi connectivity index (χ0v) is 25.7. The molecule has 5 aromatic rings. The van der Waals surface area contributed by atoms with Crippen molar-refractivity contribution in [3.63, 3.8) is 0 Å². The van der Waals surface area contributed by atoms with E-state index in [4.69, 9.17) is 0 Å². The van der Waals surface area contributed by atoms with Crippen molar-refractivity contribution in [1.82, 2.24) is 24.4 Å². The highest BCUT2D eigenvalue weighted by molar-refractivity contribution is 7.09. The highest BCUT2D eigenvalue weighted by Crippen LogP contribution is 2.28. The van der Waals surface area contributed by atoms with E-state index in [1.54, 1.807) is 12.3 Å². The van der Waals surface area contributed by atoms with Crippen LogP contribution >= 0.6 is 11.3 Å². The van der Waals surface area contributed by atoms with Gasteiger partial charge in [0.1, 0.15) is 5.65 Å². The summed E-state index contributed by atoms with van der Waals surface area (Å²) in [6, 6.07) is 17.4. The summed E-state index contributed by atoms with van der Waals surface area (Å²) in [4.78, 5) is 29.5. The lowest BCUT2D eigenvalue weighted by Gasteiger charge is -2.30. The first-order chi connectivity index (χ1) is 21.6. The lowest BCUT2D eigenvalue weighted by atomic mass is 9.91.